The summed E-state index contributed by atoms with van der Waals surface area (Å²) in [5, 5.41) is 2.84. The first-order valence-corrected chi connectivity index (χ1v) is 10.7. The van der Waals surface area contributed by atoms with Gasteiger partial charge in [0, 0.05) is 18.5 Å². The first kappa shape index (κ1) is 19.9. The molecule has 1 amide bonds. The van der Waals surface area contributed by atoms with Crippen molar-refractivity contribution >= 4 is 21.8 Å². The molecule has 1 heterocycles. The average Bonchev–Trinajstić information content (AvgIpc) is 2.96. The second-order valence-electron chi connectivity index (χ2n) is 6.30. The van der Waals surface area contributed by atoms with E-state index in [1.807, 2.05) is 30.3 Å². The number of ether oxygens (including phenoxy) is 1. The van der Waals surface area contributed by atoms with Crippen molar-refractivity contribution in [3.05, 3.63) is 60.2 Å². The lowest BCUT2D eigenvalue weighted by Crippen LogP contribution is -2.26. The summed E-state index contributed by atoms with van der Waals surface area (Å²) in [7, 11) is -3.54. The van der Waals surface area contributed by atoms with Gasteiger partial charge in [0.25, 0.3) is 10.0 Å². The predicted molar refractivity (Wildman–Crippen MR) is 107 cm³/mol. The molecule has 1 aliphatic rings. The third-order valence-corrected chi connectivity index (χ3v) is 5.57. The zero-order valence-electron chi connectivity index (χ0n) is 15.4. The number of unbranched alkanes of at least 4 members (excludes halogenated alkanes) is 1. The normalized spacial score (nSPS) is 15.6. The van der Waals surface area contributed by atoms with Crippen LogP contribution in [0.1, 0.15) is 24.8 Å². The van der Waals surface area contributed by atoms with Crippen LogP contribution in [0.2, 0.25) is 0 Å². The highest BCUT2D eigenvalue weighted by atomic mass is 32.2. The van der Waals surface area contributed by atoms with Crippen molar-refractivity contribution in [3.63, 3.8) is 0 Å². The molecular weight excluding hydrogens is 378 g/mol. The van der Waals surface area contributed by atoms with E-state index in [1.165, 1.54) is 6.07 Å². The van der Waals surface area contributed by atoms with Crippen LogP contribution < -0.4 is 14.8 Å². The molecule has 8 heteroatoms. The van der Waals surface area contributed by atoms with Crippen LogP contribution in [0.3, 0.4) is 0 Å². The number of aliphatic imine (C=N–C) groups is 1. The van der Waals surface area contributed by atoms with Gasteiger partial charge in [-0.05, 0) is 37.1 Å². The molecule has 0 unspecified atom stereocenters. The van der Waals surface area contributed by atoms with Gasteiger partial charge in [0.2, 0.25) is 5.91 Å². The molecule has 2 N–H and O–H groups in total. The number of nitrogens with one attached hydrogen (secondary N) is 2. The Kier molecular flexibility index (Phi) is 6.65. The quantitative estimate of drug-likeness (QED) is 0.629. The molecule has 0 radical (unpaired) electrons. The van der Waals surface area contributed by atoms with Gasteiger partial charge in [-0.1, -0.05) is 30.3 Å². The van der Waals surface area contributed by atoms with Crippen molar-refractivity contribution in [3.8, 4) is 5.75 Å². The lowest BCUT2D eigenvalue weighted by atomic mass is 10.2. The first-order chi connectivity index (χ1) is 13.6. The molecule has 0 spiro atoms. The molecular formula is C20H23N3O4S. The second kappa shape index (κ2) is 9.36. The van der Waals surface area contributed by atoms with E-state index >= 15 is 0 Å². The third kappa shape index (κ3) is 5.32. The first-order valence-electron chi connectivity index (χ1n) is 9.17. The van der Waals surface area contributed by atoms with Gasteiger partial charge in [0.1, 0.15) is 11.6 Å². The zero-order valence-corrected chi connectivity index (χ0v) is 16.2. The van der Waals surface area contributed by atoms with Crippen molar-refractivity contribution in [2.75, 3.05) is 19.7 Å². The maximum Gasteiger partial charge on any atom is 0.263 e. The summed E-state index contributed by atoms with van der Waals surface area (Å²) in [5.74, 6) is 1.03. The number of benzene rings is 2. The molecule has 7 nitrogen and oxygen atoms in total. The Morgan fingerprint density at radius 2 is 1.79 bits per heavy atom. The Morgan fingerprint density at radius 3 is 2.61 bits per heavy atom. The number of carbonyl (C=O) groups is 1. The number of fused-ring (bicyclic) bond motifs is 1. The van der Waals surface area contributed by atoms with Crippen LogP contribution in [-0.4, -0.2) is 39.9 Å². The van der Waals surface area contributed by atoms with E-state index in [1.54, 1.807) is 18.2 Å². The summed E-state index contributed by atoms with van der Waals surface area (Å²) < 4.78 is 32.0. The number of para-hydroxylation sites is 1. The summed E-state index contributed by atoms with van der Waals surface area (Å²) >= 11 is 0. The van der Waals surface area contributed by atoms with E-state index < -0.39 is 10.0 Å². The SMILES string of the molecule is O=C(CCN=C1NS(=O)(=O)c2ccccc21)NCCCCOc1ccccc1. The van der Waals surface area contributed by atoms with Crippen molar-refractivity contribution in [2.45, 2.75) is 24.2 Å². The summed E-state index contributed by atoms with van der Waals surface area (Å²) in [6, 6.07) is 16.3. The fourth-order valence-electron chi connectivity index (χ4n) is 2.77. The number of rotatable bonds is 9. The third-order valence-electron chi connectivity index (χ3n) is 4.18. The van der Waals surface area contributed by atoms with Gasteiger partial charge in [0.15, 0.2) is 0 Å². The van der Waals surface area contributed by atoms with Gasteiger partial charge < -0.3 is 10.1 Å². The molecule has 3 rings (SSSR count). The molecule has 2 aromatic rings. The topological polar surface area (TPSA) is 96.9 Å². The van der Waals surface area contributed by atoms with Crippen molar-refractivity contribution in [1.29, 1.82) is 0 Å². The number of hydrogen-bond donors (Lipinski definition) is 2. The lowest BCUT2D eigenvalue weighted by Gasteiger charge is -2.07. The van der Waals surface area contributed by atoms with Crippen LogP contribution in [0.4, 0.5) is 0 Å². The molecule has 148 valence electrons. The number of sulfonamides is 1. The van der Waals surface area contributed by atoms with Crippen LogP contribution in [0, 0.1) is 0 Å². The van der Waals surface area contributed by atoms with Crippen molar-refractivity contribution in [2.24, 2.45) is 4.99 Å². The molecule has 0 aliphatic carbocycles. The minimum absolute atomic E-state index is 0.109. The monoisotopic (exact) mass is 401 g/mol. The number of amides is 1. The van der Waals surface area contributed by atoms with E-state index in [4.69, 9.17) is 4.74 Å². The molecule has 0 aromatic heterocycles. The highest BCUT2D eigenvalue weighted by Crippen LogP contribution is 2.22. The maximum atomic E-state index is 12.0. The largest absolute Gasteiger partial charge is 0.494 e. The molecule has 28 heavy (non-hydrogen) atoms. The van der Waals surface area contributed by atoms with Gasteiger partial charge in [0.05, 0.1) is 18.0 Å². The van der Waals surface area contributed by atoms with Gasteiger partial charge >= 0.3 is 0 Å². The number of amidine groups is 1. The van der Waals surface area contributed by atoms with Gasteiger partial charge in [-0.3, -0.25) is 14.5 Å². The molecule has 2 aromatic carbocycles. The summed E-state index contributed by atoms with van der Waals surface area (Å²) in [4.78, 5) is 16.3. The molecule has 0 atom stereocenters. The van der Waals surface area contributed by atoms with Crippen LogP contribution in [0.25, 0.3) is 0 Å². The smallest absolute Gasteiger partial charge is 0.263 e. The standard InChI is InChI=1S/C20H23N3O4S/c24-19(21-13-6-7-15-27-16-8-2-1-3-9-16)12-14-22-20-17-10-4-5-11-18(17)28(25,26)23-20/h1-5,8-11H,6-7,12-15H2,(H,21,24)(H,22,23). The molecule has 0 saturated heterocycles. The zero-order chi connectivity index (χ0) is 19.8. The molecule has 0 saturated carbocycles. The number of carbonyl (C=O) groups excluding carboxylic acids is 1. The second-order valence-corrected chi connectivity index (χ2v) is 7.95. The Balaban J connectivity index is 1.34. The number of hydrogen-bond acceptors (Lipinski definition) is 5. The Morgan fingerprint density at radius 1 is 1.04 bits per heavy atom. The number of nitrogens with zero attached hydrogens (tertiary/aromatic N) is 1. The summed E-state index contributed by atoms with van der Waals surface area (Å²) in [5.41, 5.74) is 0.543. The van der Waals surface area contributed by atoms with Crippen LogP contribution >= 0.6 is 0 Å². The van der Waals surface area contributed by atoms with Gasteiger partial charge in [-0.25, -0.2) is 8.42 Å². The van der Waals surface area contributed by atoms with Crippen LogP contribution in [0.5, 0.6) is 5.75 Å². The van der Waals surface area contributed by atoms with Crippen LogP contribution in [0.15, 0.2) is 64.5 Å². The predicted octanol–water partition coefficient (Wildman–Crippen LogP) is 2.09. The van der Waals surface area contributed by atoms with E-state index in [0.29, 0.717) is 24.6 Å². The Bertz CT molecular complexity index is 943. The van der Waals surface area contributed by atoms with E-state index in [9.17, 15) is 13.2 Å². The Hall–Kier alpha value is -2.87. The van der Waals surface area contributed by atoms with E-state index in [2.05, 4.69) is 15.0 Å². The fourth-order valence-corrected chi connectivity index (χ4v) is 4.02. The summed E-state index contributed by atoms with van der Waals surface area (Å²) in [6.07, 6.45) is 1.87. The van der Waals surface area contributed by atoms with Crippen molar-refractivity contribution < 1.29 is 17.9 Å². The minimum atomic E-state index is -3.54. The molecule has 0 fully saturated rings. The average molecular weight is 401 g/mol. The summed E-state index contributed by atoms with van der Waals surface area (Å²) in [6.45, 7) is 1.39. The van der Waals surface area contributed by atoms with E-state index in [0.717, 1.165) is 18.6 Å². The molecule has 1 aliphatic heterocycles. The van der Waals surface area contributed by atoms with Gasteiger partial charge in [-0.15, -0.1) is 0 Å². The highest BCUT2D eigenvalue weighted by Gasteiger charge is 2.29. The van der Waals surface area contributed by atoms with E-state index in [-0.39, 0.29) is 23.8 Å². The minimum Gasteiger partial charge on any atom is -0.494 e. The molecule has 0 bridgehead atoms. The van der Waals surface area contributed by atoms with Crippen LogP contribution in [-0.2, 0) is 14.8 Å². The highest BCUT2D eigenvalue weighted by molar-refractivity contribution is 7.90. The lowest BCUT2D eigenvalue weighted by molar-refractivity contribution is -0.120. The maximum absolute atomic E-state index is 12.0. The van der Waals surface area contributed by atoms with Gasteiger partial charge in [-0.2, -0.15) is 0 Å². The fraction of sp³-hybridized carbons (Fsp3) is 0.300. The Labute approximate surface area is 164 Å². The van der Waals surface area contributed by atoms with Crippen molar-refractivity contribution in [1.82, 2.24) is 10.0 Å².